The Morgan fingerprint density at radius 1 is 1.10 bits per heavy atom. The molecule has 0 bridgehead atoms. The number of hydrogen-bond donors (Lipinski definition) is 0. The molecule has 0 N–H and O–H groups in total. The molecular weight excluding hydrogens is 418 g/mol. The van der Waals surface area contributed by atoms with E-state index in [2.05, 4.69) is 4.98 Å². The van der Waals surface area contributed by atoms with Gasteiger partial charge in [-0.05, 0) is 51.7 Å². The molecule has 0 radical (unpaired) electrons. The zero-order chi connectivity index (χ0) is 21.3. The average Bonchev–Trinajstić information content (AvgIpc) is 3.11. The minimum Gasteiger partial charge on any atom is -0.293 e. The second-order valence-corrected chi connectivity index (χ2v) is 9.23. The molecule has 7 heteroatoms. The van der Waals surface area contributed by atoms with Gasteiger partial charge in [-0.25, -0.2) is 9.97 Å². The first-order valence-corrected chi connectivity index (χ1v) is 11.2. The van der Waals surface area contributed by atoms with Crippen molar-refractivity contribution in [3.05, 3.63) is 75.8 Å². The Labute approximate surface area is 184 Å². The van der Waals surface area contributed by atoms with E-state index in [1.54, 1.807) is 16.7 Å². The monoisotopic (exact) mass is 439 g/mol. The number of fused-ring (bicyclic) bond motifs is 1. The number of carbonyl (C=O) groups is 2. The standard InChI is InChI=1S/C23H22ClN3O2S/c1-14-7-9-16(10-8-14)21(28)15(2)30-23-26-18-5-3-4-6-20(18)27(23)22(29)19-12-11-17(24)13-25-19/h7-13,15H,3-6H2,1-2H3. The Morgan fingerprint density at radius 3 is 2.53 bits per heavy atom. The third kappa shape index (κ3) is 4.20. The van der Waals surface area contributed by atoms with Crippen LogP contribution in [0.1, 0.15) is 57.6 Å². The molecule has 1 atom stereocenters. The molecule has 1 aliphatic carbocycles. The van der Waals surface area contributed by atoms with Gasteiger partial charge in [0.2, 0.25) is 0 Å². The predicted octanol–water partition coefficient (Wildman–Crippen LogP) is 5.17. The number of thioether (sulfide) groups is 1. The number of carbonyl (C=O) groups excluding carboxylic acids is 2. The summed E-state index contributed by atoms with van der Waals surface area (Å²) in [6.45, 7) is 3.85. The molecule has 2 aromatic heterocycles. The topological polar surface area (TPSA) is 64.8 Å². The number of ketones is 1. The van der Waals surface area contributed by atoms with Crippen LogP contribution in [0.3, 0.4) is 0 Å². The second-order valence-electron chi connectivity index (χ2n) is 7.49. The van der Waals surface area contributed by atoms with Gasteiger partial charge in [-0.2, -0.15) is 0 Å². The van der Waals surface area contributed by atoms with Crippen molar-refractivity contribution >= 4 is 35.1 Å². The fourth-order valence-corrected chi connectivity index (χ4v) is 4.72. The van der Waals surface area contributed by atoms with E-state index in [1.807, 2.05) is 38.1 Å². The van der Waals surface area contributed by atoms with Crippen molar-refractivity contribution in [2.24, 2.45) is 0 Å². The normalized spacial score (nSPS) is 14.2. The van der Waals surface area contributed by atoms with E-state index in [1.165, 1.54) is 18.0 Å². The largest absolute Gasteiger partial charge is 0.293 e. The highest BCUT2D eigenvalue weighted by Gasteiger charge is 2.28. The Morgan fingerprint density at radius 2 is 1.83 bits per heavy atom. The molecule has 0 fully saturated rings. The van der Waals surface area contributed by atoms with Gasteiger partial charge in [-0.3, -0.25) is 14.2 Å². The number of Topliss-reactive ketones (excluding diaryl/α,β-unsaturated/α-hetero) is 1. The summed E-state index contributed by atoms with van der Waals surface area (Å²) < 4.78 is 1.65. The number of aromatic nitrogens is 3. The van der Waals surface area contributed by atoms with Crippen LogP contribution in [-0.4, -0.2) is 31.5 Å². The first-order chi connectivity index (χ1) is 14.4. The van der Waals surface area contributed by atoms with E-state index in [-0.39, 0.29) is 16.9 Å². The van der Waals surface area contributed by atoms with Crippen LogP contribution in [0.25, 0.3) is 0 Å². The van der Waals surface area contributed by atoms with Crippen LogP contribution in [0, 0.1) is 6.92 Å². The molecule has 30 heavy (non-hydrogen) atoms. The van der Waals surface area contributed by atoms with Crippen molar-refractivity contribution in [3.8, 4) is 0 Å². The summed E-state index contributed by atoms with van der Waals surface area (Å²) >= 11 is 7.25. The van der Waals surface area contributed by atoms with E-state index in [0.717, 1.165) is 42.6 Å². The van der Waals surface area contributed by atoms with E-state index in [0.29, 0.717) is 21.4 Å². The van der Waals surface area contributed by atoms with Crippen molar-refractivity contribution in [1.82, 2.24) is 14.5 Å². The molecule has 0 amide bonds. The number of nitrogens with zero attached hydrogens (tertiary/aromatic N) is 3. The van der Waals surface area contributed by atoms with E-state index in [9.17, 15) is 9.59 Å². The molecule has 154 valence electrons. The number of aryl methyl sites for hydroxylation is 2. The molecule has 1 aromatic carbocycles. The Hall–Kier alpha value is -2.44. The van der Waals surface area contributed by atoms with Crippen LogP contribution < -0.4 is 0 Å². The fourth-order valence-electron chi connectivity index (χ4n) is 3.59. The minimum absolute atomic E-state index is 0.0181. The summed E-state index contributed by atoms with van der Waals surface area (Å²) in [6, 6.07) is 10.8. The van der Waals surface area contributed by atoms with Crippen molar-refractivity contribution in [3.63, 3.8) is 0 Å². The highest BCUT2D eigenvalue weighted by atomic mass is 35.5. The second kappa shape index (κ2) is 8.74. The lowest BCUT2D eigenvalue weighted by Gasteiger charge is -2.15. The number of benzene rings is 1. The highest BCUT2D eigenvalue weighted by Crippen LogP contribution is 2.31. The number of hydrogen-bond acceptors (Lipinski definition) is 5. The van der Waals surface area contributed by atoms with Crippen LogP contribution in [-0.2, 0) is 12.8 Å². The fraction of sp³-hybridized carbons (Fsp3) is 0.304. The Bertz CT molecular complexity index is 1090. The molecule has 0 spiro atoms. The number of imidazole rings is 1. The lowest BCUT2D eigenvalue weighted by molar-refractivity contribution is 0.0938. The minimum atomic E-state index is -0.374. The maximum absolute atomic E-state index is 13.3. The summed E-state index contributed by atoms with van der Waals surface area (Å²) in [5, 5.41) is 0.657. The van der Waals surface area contributed by atoms with E-state index in [4.69, 9.17) is 16.6 Å². The van der Waals surface area contributed by atoms with Crippen molar-refractivity contribution in [2.45, 2.75) is 49.9 Å². The lowest BCUT2D eigenvalue weighted by atomic mass is 10.0. The smallest absolute Gasteiger partial charge is 0.282 e. The third-order valence-corrected chi connectivity index (χ3v) is 6.52. The van der Waals surface area contributed by atoms with Gasteiger partial charge in [0.1, 0.15) is 5.69 Å². The van der Waals surface area contributed by atoms with Crippen molar-refractivity contribution in [1.29, 1.82) is 0 Å². The Kier molecular flexibility index (Phi) is 6.06. The van der Waals surface area contributed by atoms with Gasteiger partial charge in [0, 0.05) is 17.5 Å². The zero-order valence-corrected chi connectivity index (χ0v) is 18.5. The van der Waals surface area contributed by atoms with E-state index < -0.39 is 0 Å². The maximum Gasteiger partial charge on any atom is 0.282 e. The Balaban J connectivity index is 1.66. The molecule has 1 unspecified atom stereocenters. The van der Waals surface area contributed by atoms with Gasteiger partial charge in [0.25, 0.3) is 5.91 Å². The molecule has 4 rings (SSSR count). The molecule has 1 aliphatic rings. The first kappa shape index (κ1) is 20.8. The van der Waals surface area contributed by atoms with Crippen LogP contribution >= 0.6 is 23.4 Å². The SMILES string of the molecule is Cc1ccc(C(=O)C(C)Sc2nc3c(n2C(=O)c2ccc(Cl)cn2)CCCC3)cc1. The number of halogens is 1. The van der Waals surface area contributed by atoms with E-state index >= 15 is 0 Å². The number of rotatable bonds is 5. The molecular formula is C23H22ClN3O2S. The van der Waals surface area contributed by atoms with Crippen LogP contribution in [0.2, 0.25) is 5.02 Å². The first-order valence-electron chi connectivity index (χ1n) is 9.98. The van der Waals surface area contributed by atoms with Gasteiger partial charge >= 0.3 is 0 Å². The summed E-state index contributed by atoms with van der Waals surface area (Å²) in [4.78, 5) is 35.1. The number of pyridine rings is 1. The van der Waals surface area contributed by atoms with Gasteiger partial charge < -0.3 is 0 Å². The molecule has 0 saturated carbocycles. The van der Waals surface area contributed by atoms with Crippen molar-refractivity contribution in [2.75, 3.05) is 0 Å². The van der Waals surface area contributed by atoms with Crippen molar-refractivity contribution < 1.29 is 9.59 Å². The molecule has 2 heterocycles. The molecule has 0 aliphatic heterocycles. The van der Waals surface area contributed by atoms with Crippen LogP contribution in [0.15, 0.2) is 47.8 Å². The molecule has 0 saturated heterocycles. The van der Waals surface area contributed by atoms with Gasteiger partial charge in [0.15, 0.2) is 10.9 Å². The summed E-state index contributed by atoms with van der Waals surface area (Å²) in [5.74, 6) is -0.218. The highest BCUT2D eigenvalue weighted by molar-refractivity contribution is 8.00. The van der Waals surface area contributed by atoms with Gasteiger partial charge in [-0.1, -0.05) is 53.2 Å². The molecule has 3 aromatic rings. The lowest BCUT2D eigenvalue weighted by Crippen LogP contribution is -2.20. The third-order valence-electron chi connectivity index (χ3n) is 5.24. The quantitative estimate of drug-likeness (QED) is 0.405. The summed E-state index contributed by atoms with van der Waals surface area (Å²) in [7, 11) is 0. The van der Waals surface area contributed by atoms with Gasteiger partial charge in [-0.15, -0.1) is 0 Å². The van der Waals surface area contributed by atoms with Crippen LogP contribution in [0.5, 0.6) is 0 Å². The maximum atomic E-state index is 13.3. The summed E-state index contributed by atoms with van der Waals surface area (Å²) in [5.41, 5.74) is 3.95. The summed E-state index contributed by atoms with van der Waals surface area (Å²) in [6.07, 6.45) is 5.18. The predicted molar refractivity (Wildman–Crippen MR) is 119 cm³/mol. The van der Waals surface area contributed by atoms with Gasteiger partial charge in [0.05, 0.1) is 16.0 Å². The molecule has 5 nitrogen and oxygen atoms in total. The zero-order valence-electron chi connectivity index (χ0n) is 16.9. The average molecular weight is 440 g/mol. The van der Waals surface area contributed by atoms with Crippen LogP contribution in [0.4, 0.5) is 0 Å².